The van der Waals surface area contributed by atoms with E-state index in [0.717, 1.165) is 93.7 Å². The van der Waals surface area contributed by atoms with E-state index >= 15 is 0 Å². The number of hydrogen-bond acceptors (Lipinski definition) is 8. The molecule has 6 aromatic carbocycles. The van der Waals surface area contributed by atoms with Gasteiger partial charge in [-0.15, -0.1) is 0 Å². The Balaban J connectivity index is 1.05. The maximum absolute atomic E-state index is 9.29. The molecule has 8 heteroatoms. The molecular weight excluding hydrogens is 737 g/mol. The SMILES string of the molecule is N#Cc1ccc(-c2ccc(-c3nc(-c4cccc(-c5ccnc6c5ccc5cccnc56)c4)nc(-c4cccc(-c5ccnc6c5ccc5cccnc56)c4)n3)cc2)cc1. The van der Waals surface area contributed by atoms with Crippen molar-refractivity contribution in [3.05, 3.63) is 188 Å². The molecule has 0 N–H and O–H groups in total. The number of nitrogens with zero attached hydrogens (tertiary/aromatic N) is 8. The lowest BCUT2D eigenvalue weighted by Crippen LogP contribution is -2.00. The second kappa shape index (κ2) is 14.4. The third-order valence-corrected chi connectivity index (χ3v) is 11.0. The molecule has 11 rings (SSSR count). The van der Waals surface area contributed by atoms with Crippen LogP contribution in [0.25, 0.3) is 111 Å². The number of fused-ring (bicyclic) bond motifs is 6. The molecule has 0 aliphatic heterocycles. The predicted octanol–water partition coefficient (Wildman–Crippen LogP) is 11.9. The van der Waals surface area contributed by atoms with E-state index in [0.29, 0.717) is 23.0 Å². The van der Waals surface area contributed by atoms with Crippen LogP contribution < -0.4 is 0 Å². The molecule has 11 aromatic rings. The van der Waals surface area contributed by atoms with Gasteiger partial charge in [-0.05, 0) is 81.9 Å². The predicted molar refractivity (Wildman–Crippen MR) is 238 cm³/mol. The lowest BCUT2D eigenvalue weighted by atomic mass is 9.98. The van der Waals surface area contributed by atoms with Crippen LogP contribution >= 0.6 is 0 Å². The Hall–Kier alpha value is -8.54. The van der Waals surface area contributed by atoms with Crippen molar-refractivity contribution in [2.75, 3.05) is 0 Å². The van der Waals surface area contributed by atoms with Crippen LogP contribution in [-0.4, -0.2) is 34.9 Å². The Morgan fingerprint density at radius 2 is 0.767 bits per heavy atom. The summed E-state index contributed by atoms with van der Waals surface area (Å²) in [5.41, 5.74) is 12.8. The quantitative estimate of drug-likeness (QED) is 0.154. The van der Waals surface area contributed by atoms with Crippen LogP contribution in [0.5, 0.6) is 0 Å². The van der Waals surface area contributed by atoms with Gasteiger partial charge in [-0.1, -0.05) is 109 Å². The minimum atomic E-state index is 0.552. The van der Waals surface area contributed by atoms with Gasteiger partial charge in [-0.3, -0.25) is 19.9 Å². The summed E-state index contributed by atoms with van der Waals surface area (Å²) in [5.74, 6) is 1.66. The fourth-order valence-corrected chi connectivity index (χ4v) is 7.97. The Labute approximate surface area is 344 Å². The molecule has 5 heterocycles. The fourth-order valence-electron chi connectivity index (χ4n) is 7.97. The first kappa shape index (κ1) is 34.7. The lowest BCUT2D eigenvalue weighted by molar-refractivity contribution is 1.07. The smallest absolute Gasteiger partial charge is 0.164 e. The van der Waals surface area contributed by atoms with Gasteiger partial charge in [-0.25, -0.2) is 15.0 Å². The van der Waals surface area contributed by atoms with E-state index in [-0.39, 0.29) is 0 Å². The molecule has 0 saturated carbocycles. The largest absolute Gasteiger partial charge is 0.254 e. The van der Waals surface area contributed by atoms with Gasteiger partial charge in [0.25, 0.3) is 0 Å². The molecule has 0 fully saturated rings. The van der Waals surface area contributed by atoms with Crippen molar-refractivity contribution in [2.45, 2.75) is 0 Å². The van der Waals surface area contributed by atoms with Gasteiger partial charge in [0.05, 0.1) is 33.7 Å². The highest BCUT2D eigenvalue weighted by Gasteiger charge is 2.17. The van der Waals surface area contributed by atoms with Gasteiger partial charge in [0.1, 0.15) is 0 Å². The Morgan fingerprint density at radius 3 is 1.27 bits per heavy atom. The zero-order valence-electron chi connectivity index (χ0n) is 31.9. The first-order valence-electron chi connectivity index (χ1n) is 19.5. The van der Waals surface area contributed by atoms with Crippen LogP contribution in [0.4, 0.5) is 0 Å². The average molecular weight is 767 g/mol. The molecule has 0 spiro atoms. The van der Waals surface area contributed by atoms with Crippen molar-refractivity contribution >= 4 is 43.6 Å². The lowest BCUT2D eigenvalue weighted by Gasteiger charge is -2.12. The number of pyridine rings is 4. The number of hydrogen-bond donors (Lipinski definition) is 0. The minimum absolute atomic E-state index is 0.552. The highest BCUT2D eigenvalue weighted by molar-refractivity contribution is 6.09. The summed E-state index contributed by atoms with van der Waals surface area (Å²) in [6.07, 6.45) is 7.30. The molecule has 8 nitrogen and oxygen atoms in total. The summed E-state index contributed by atoms with van der Waals surface area (Å²) in [7, 11) is 0. The molecule has 0 atom stereocenters. The van der Waals surface area contributed by atoms with E-state index in [4.69, 9.17) is 24.9 Å². The number of benzene rings is 6. The molecule has 0 aliphatic rings. The second-order valence-corrected chi connectivity index (χ2v) is 14.5. The number of rotatable bonds is 6. The van der Waals surface area contributed by atoms with Crippen LogP contribution in [0.2, 0.25) is 0 Å². The van der Waals surface area contributed by atoms with Gasteiger partial charge in [0.15, 0.2) is 17.5 Å². The van der Waals surface area contributed by atoms with Gasteiger partial charge >= 0.3 is 0 Å². The Kier molecular flexibility index (Phi) is 8.35. The van der Waals surface area contributed by atoms with Gasteiger partial charge in [-0.2, -0.15) is 5.26 Å². The van der Waals surface area contributed by atoms with Crippen LogP contribution in [0.1, 0.15) is 5.56 Å². The van der Waals surface area contributed by atoms with E-state index in [1.54, 1.807) is 0 Å². The Bertz CT molecular complexity index is 3320. The monoisotopic (exact) mass is 766 g/mol. The Morgan fingerprint density at radius 1 is 0.333 bits per heavy atom. The molecule has 5 aromatic heterocycles. The number of nitriles is 1. The van der Waals surface area contributed by atoms with Crippen LogP contribution in [0, 0.1) is 11.3 Å². The van der Waals surface area contributed by atoms with E-state index in [1.165, 1.54) is 0 Å². The minimum Gasteiger partial charge on any atom is -0.254 e. The third-order valence-electron chi connectivity index (χ3n) is 11.0. The van der Waals surface area contributed by atoms with Crippen molar-refractivity contribution in [1.29, 1.82) is 5.26 Å². The summed E-state index contributed by atoms with van der Waals surface area (Å²) < 4.78 is 0. The summed E-state index contributed by atoms with van der Waals surface area (Å²) in [6.45, 7) is 0. The van der Waals surface area contributed by atoms with Crippen LogP contribution in [0.3, 0.4) is 0 Å². The summed E-state index contributed by atoms with van der Waals surface area (Å²) in [4.78, 5) is 34.2. The molecule has 0 aliphatic carbocycles. The van der Waals surface area contributed by atoms with Crippen molar-refractivity contribution in [3.63, 3.8) is 0 Å². The summed E-state index contributed by atoms with van der Waals surface area (Å²) >= 11 is 0. The van der Waals surface area contributed by atoms with E-state index in [9.17, 15) is 5.26 Å². The van der Waals surface area contributed by atoms with E-state index in [2.05, 4.69) is 88.8 Å². The molecule has 0 bridgehead atoms. The highest BCUT2D eigenvalue weighted by atomic mass is 15.0. The zero-order valence-corrected chi connectivity index (χ0v) is 31.9. The van der Waals surface area contributed by atoms with Crippen LogP contribution in [0.15, 0.2) is 183 Å². The molecule has 278 valence electrons. The summed E-state index contributed by atoms with van der Waals surface area (Å²) in [6, 6.07) is 55.1. The molecule has 0 radical (unpaired) electrons. The average Bonchev–Trinajstić information content (AvgIpc) is 3.33. The highest BCUT2D eigenvalue weighted by Crippen LogP contribution is 2.36. The van der Waals surface area contributed by atoms with E-state index < -0.39 is 0 Å². The topological polar surface area (TPSA) is 114 Å². The van der Waals surface area contributed by atoms with Gasteiger partial charge in [0.2, 0.25) is 0 Å². The molecule has 0 saturated heterocycles. The zero-order chi connectivity index (χ0) is 40.0. The molecule has 0 amide bonds. The summed E-state index contributed by atoms with van der Waals surface area (Å²) in [5, 5.41) is 13.4. The van der Waals surface area contributed by atoms with E-state index in [1.807, 2.05) is 110 Å². The van der Waals surface area contributed by atoms with Gasteiger partial charge in [0, 0.05) is 63.0 Å². The maximum atomic E-state index is 9.29. The second-order valence-electron chi connectivity index (χ2n) is 14.5. The molecule has 0 unspecified atom stereocenters. The van der Waals surface area contributed by atoms with Crippen molar-refractivity contribution < 1.29 is 0 Å². The first-order chi connectivity index (χ1) is 29.7. The molecule has 60 heavy (non-hydrogen) atoms. The normalized spacial score (nSPS) is 11.3. The third kappa shape index (κ3) is 6.15. The number of aromatic nitrogens is 7. The van der Waals surface area contributed by atoms with Crippen LogP contribution in [-0.2, 0) is 0 Å². The fraction of sp³-hybridized carbons (Fsp3) is 0. The van der Waals surface area contributed by atoms with Crippen molar-refractivity contribution in [3.8, 4) is 73.6 Å². The van der Waals surface area contributed by atoms with Gasteiger partial charge < -0.3 is 0 Å². The molecular formula is C52H30N8. The standard InChI is InChI=1S/C52H30N8/c53-31-32-11-13-33(14-12-32)34-15-17-37(18-16-34)50-58-51(40-7-1-5-38(29-40)42-23-27-56-48-44(42)21-19-35-9-3-25-54-46(35)48)60-52(59-50)41-8-2-6-39(30-41)43-24-28-57-49-45(43)22-20-36-10-4-26-55-47(36)49/h1-30H. The van der Waals surface area contributed by atoms with Crippen molar-refractivity contribution in [1.82, 2.24) is 34.9 Å². The van der Waals surface area contributed by atoms with Crippen molar-refractivity contribution in [2.24, 2.45) is 0 Å². The first-order valence-corrected chi connectivity index (χ1v) is 19.5. The maximum Gasteiger partial charge on any atom is 0.164 e.